The van der Waals surface area contributed by atoms with Crippen LogP contribution in [0.25, 0.3) is 22.3 Å². The molecule has 170 valence electrons. The number of hydrogen-bond donors (Lipinski definition) is 8. The largest absolute Gasteiger partial charge is 0.507 e. The monoisotopic (exact) mass is 448 g/mol. The molecule has 0 spiro atoms. The molecule has 1 aliphatic heterocycles. The quantitative estimate of drug-likeness (QED) is 0.247. The minimum atomic E-state index is -1.80. The second-order valence-electron chi connectivity index (χ2n) is 7.46. The van der Waals surface area contributed by atoms with Gasteiger partial charge in [-0.05, 0) is 18.2 Å². The smallest absolute Gasteiger partial charge is 0.197 e. The summed E-state index contributed by atoms with van der Waals surface area (Å²) in [7, 11) is 0. The predicted molar refractivity (Wildman–Crippen MR) is 107 cm³/mol. The first-order valence-corrected chi connectivity index (χ1v) is 9.49. The van der Waals surface area contributed by atoms with Crippen molar-refractivity contribution in [2.24, 2.45) is 0 Å². The lowest BCUT2D eigenvalue weighted by atomic mass is 9.89. The van der Waals surface area contributed by atoms with Gasteiger partial charge >= 0.3 is 0 Å². The van der Waals surface area contributed by atoms with Gasteiger partial charge < -0.3 is 50.0 Å². The van der Waals surface area contributed by atoms with Gasteiger partial charge in [-0.2, -0.15) is 0 Å². The van der Waals surface area contributed by atoms with E-state index >= 15 is 0 Å². The van der Waals surface area contributed by atoms with Gasteiger partial charge in [0.2, 0.25) is 0 Å². The van der Waals surface area contributed by atoms with Crippen molar-refractivity contribution in [1.82, 2.24) is 0 Å². The fraction of sp³-hybridized carbons (Fsp3) is 0.286. The summed E-state index contributed by atoms with van der Waals surface area (Å²) in [5.74, 6) is -2.28. The first-order valence-electron chi connectivity index (χ1n) is 9.49. The standard InChI is InChI=1S/C21H20O11/c22-6-14-17(27)19(29)20(30)21(32-14)16-11(26)5-13-15(18(16)28)10(25)4-12(31-13)7-1-2-8(23)9(24)3-7/h1-5,14,17,19-24,26-30H,6H2/t14-,17+,19+,20+,21+/m0/s1. The first kappa shape index (κ1) is 21.9. The zero-order chi connectivity index (χ0) is 23.3. The van der Waals surface area contributed by atoms with Gasteiger partial charge in [-0.25, -0.2) is 0 Å². The van der Waals surface area contributed by atoms with E-state index in [1.165, 1.54) is 12.1 Å². The Balaban J connectivity index is 1.86. The number of aliphatic hydroxyl groups is 4. The van der Waals surface area contributed by atoms with Crippen molar-refractivity contribution < 1.29 is 50.0 Å². The van der Waals surface area contributed by atoms with E-state index in [4.69, 9.17) is 9.15 Å². The molecule has 0 unspecified atom stereocenters. The molecule has 1 fully saturated rings. The van der Waals surface area contributed by atoms with E-state index in [0.29, 0.717) is 0 Å². The molecule has 11 nitrogen and oxygen atoms in total. The molecular weight excluding hydrogens is 428 g/mol. The molecule has 3 aromatic rings. The first-order chi connectivity index (χ1) is 15.1. The van der Waals surface area contributed by atoms with Crippen LogP contribution in [0.1, 0.15) is 11.7 Å². The number of phenolic OH excluding ortho intramolecular Hbond substituents is 4. The maximum atomic E-state index is 12.8. The zero-order valence-electron chi connectivity index (χ0n) is 16.3. The zero-order valence-corrected chi connectivity index (χ0v) is 16.3. The van der Waals surface area contributed by atoms with Crippen molar-refractivity contribution in [2.75, 3.05) is 6.61 Å². The van der Waals surface area contributed by atoms with Crippen molar-refractivity contribution in [1.29, 1.82) is 0 Å². The summed E-state index contributed by atoms with van der Waals surface area (Å²) in [5.41, 5.74) is -1.17. The highest BCUT2D eigenvalue weighted by Gasteiger charge is 2.46. The Morgan fingerprint density at radius 3 is 2.22 bits per heavy atom. The van der Waals surface area contributed by atoms with Crippen molar-refractivity contribution >= 4 is 11.0 Å². The van der Waals surface area contributed by atoms with Crippen molar-refractivity contribution in [2.45, 2.75) is 30.5 Å². The number of rotatable bonds is 3. The number of hydrogen-bond acceptors (Lipinski definition) is 11. The summed E-state index contributed by atoms with van der Waals surface area (Å²) in [6, 6.07) is 5.73. The highest BCUT2D eigenvalue weighted by molar-refractivity contribution is 5.88. The Morgan fingerprint density at radius 1 is 0.844 bits per heavy atom. The van der Waals surface area contributed by atoms with E-state index < -0.39 is 65.4 Å². The molecule has 0 aliphatic carbocycles. The molecule has 1 saturated heterocycles. The third kappa shape index (κ3) is 3.42. The second kappa shape index (κ2) is 7.97. The molecule has 5 atom stereocenters. The molecule has 1 aromatic heterocycles. The lowest BCUT2D eigenvalue weighted by Crippen LogP contribution is -2.55. The van der Waals surface area contributed by atoms with Crippen molar-refractivity contribution in [3.8, 4) is 34.3 Å². The number of aromatic hydroxyl groups is 4. The number of fused-ring (bicyclic) bond motifs is 1. The van der Waals surface area contributed by atoms with Crippen LogP contribution in [-0.4, -0.2) is 71.9 Å². The summed E-state index contributed by atoms with van der Waals surface area (Å²) < 4.78 is 11.0. The van der Waals surface area contributed by atoms with E-state index in [2.05, 4.69) is 0 Å². The Labute approximate surface area is 179 Å². The molecule has 0 bridgehead atoms. The highest BCUT2D eigenvalue weighted by atomic mass is 16.5. The van der Waals surface area contributed by atoms with E-state index in [-0.39, 0.29) is 28.0 Å². The third-order valence-corrected chi connectivity index (χ3v) is 5.45. The van der Waals surface area contributed by atoms with Gasteiger partial charge in [0.1, 0.15) is 58.7 Å². The summed E-state index contributed by atoms with van der Waals surface area (Å²) in [5, 5.41) is 79.6. The van der Waals surface area contributed by atoms with Crippen LogP contribution >= 0.6 is 0 Å². The minimum Gasteiger partial charge on any atom is -0.507 e. The molecule has 2 heterocycles. The molecule has 4 rings (SSSR count). The van der Waals surface area contributed by atoms with E-state index in [1.54, 1.807) is 0 Å². The highest BCUT2D eigenvalue weighted by Crippen LogP contribution is 2.44. The molecule has 0 amide bonds. The molecule has 0 radical (unpaired) electrons. The van der Waals surface area contributed by atoms with E-state index in [1.807, 2.05) is 0 Å². The van der Waals surface area contributed by atoms with Gasteiger partial charge in [0.25, 0.3) is 0 Å². The van der Waals surface area contributed by atoms with Crippen molar-refractivity contribution in [3.05, 3.63) is 46.1 Å². The minimum absolute atomic E-state index is 0.0304. The van der Waals surface area contributed by atoms with Crippen molar-refractivity contribution in [3.63, 3.8) is 0 Å². The molecule has 2 aromatic carbocycles. The third-order valence-electron chi connectivity index (χ3n) is 5.45. The molecule has 8 N–H and O–H groups in total. The van der Waals surface area contributed by atoms with Crippen LogP contribution in [0.4, 0.5) is 0 Å². The average Bonchev–Trinajstić information content (AvgIpc) is 2.74. The van der Waals surface area contributed by atoms with E-state index in [0.717, 1.165) is 18.2 Å². The van der Waals surface area contributed by atoms with Crippen LogP contribution in [0.2, 0.25) is 0 Å². The number of ether oxygens (including phenoxy) is 1. The van der Waals surface area contributed by atoms with Crippen LogP contribution < -0.4 is 5.43 Å². The summed E-state index contributed by atoms with van der Waals surface area (Å²) in [6.07, 6.45) is -8.09. The lowest BCUT2D eigenvalue weighted by Gasteiger charge is -2.40. The fourth-order valence-electron chi connectivity index (χ4n) is 3.74. The Bertz CT molecular complexity index is 1230. The van der Waals surface area contributed by atoms with Crippen LogP contribution in [0.3, 0.4) is 0 Å². The number of benzene rings is 2. The normalized spacial score (nSPS) is 25.8. The number of aliphatic hydroxyl groups excluding tert-OH is 4. The van der Waals surface area contributed by atoms with Gasteiger partial charge in [0, 0.05) is 17.7 Å². The molecule has 0 saturated carbocycles. The summed E-state index contributed by atoms with van der Waals surface area (Å²) >= 11 is 0. The Kier molecular flexibility index (Phi) is 5.44. The van der Waals surface area contributed by atoms with E-state index in [9.17, 15) is 45.6 Å². The lowest BCUT2D eigenvalue weighted by molar-refractivity contribution is -0.232. The average molecular weight is 448 g/mol. The second-order valence-corrected chi connectivity index (χ2v) is 7.46. The van der Waals surface area contributed by atoms with Gasteiger partial charge in [-0.1, -0.05) is 0 Å². The van der Waals surface area contributed by atoms with Gasteiger partial charge in [0.15, 0.2) is 16.9 Å². The maximum Gasteiger partial charge on any atom is 0.197 e. The molecule has 32 heavy (non-hydrogen) atoms. The summed E-state index contributed by atoms with van der Waals surface area (Å²) in [6.45, 7) is -0.721. The molecule has 11 heteroatoms. The Hall–Kier alpha value is -3.35. The maximum absolute atomic E-state index is 12.8. The van der Waals surface area contributed by atoms with Crippen LogP contribution in [0.15, 0.2) is 39.5 Å². The Morgan fingerprint density at radius 2 is 1.56 bits per heavy atom. The number of phenols is 4. The predicted octanol–water partition coefficient (Wildman–Crippen LogP) is -0.203. The van der Waals surface area contributed by atoms with Crippen LogP contribution in [-0.2, 0) is 4.74 Å². The molecule has 1 aliphatic rings. The molecular formula is C21H20O11. The fourth-order valence-corrected chi connectivity index (χ4v) is 3.74. The topological polar surface area (TPSA) is 201 Å². The van der Waals surface area contributed by atoms with Gasteiger partial charge in [-0.15, -0.1) is 0 Å². The van der Waals surface area contributed by atoms with Crippen LogP contribution in [0.5, 0.6) is 23.0 Å². The van der Waals surface area contributed by atoms with Gasteiger partial charge in [-0.3, -0.25) is 4.79 Å². The van der Waals surface area contributed by atoms with Gasteiger partial charge in [0.05, 0.1) is 12.2 Å². The summed E-state index contributed by atoms with van der Waals surface area (Å²) in [4.78, 5) is 12.8. The van der Waals surface area contributed by atoms with Crippen LogP contribution in [0, 0.1) is 0 Å². The SMILES string of the molecule is O=c1cc(-c2ccc(O)c(O)c2)oc2cc(O)c([C@H]3O[C@@H](CO)[C@@H](O)[C@@H](O)[C@H]3O)c(O)c12.